The zero-order valence-electron chi connectivity index (χ0n) is 28.5. The number of aliphatic carboxylic acids is 1. The standard InChI is InChI=1S/C31H57N5O9/c1-15(2)11-21(35-30(44)28(18(7)8)36-31(45)27(17(5)6)33-20(10)37)23(38)13-25(40)32-19(9)29(43)34-22(12-16(3)4)24(39)14-26(41)42/h15-19,21-24,27-28,38-39H,11-14H2,1-10H3,(H,32,40)(H,33,37)(H,34,43)(H,35,44)(H,36,45)(H,41,42)/t19-,21?,22?,23-,24-,27?,28?/m0/s1. The second kappa shape index (κ2) is 20.0. The first-order valence-corrected chi connectivity index (χ1v) is 15.7. The maximum Gasteiger partial charge on any atom is 0.306 e. The molecular weight excluding hydrogens is 586 g/mol. The Bertz CT molecular complexity index is 1000. The number of carbonyl (C=O) groups excluding carboxylic acids is 5. The summed E-state index contributed by atoms with van der Waals surface area (Å²) in [5, 5.41) is 43.5. The van der Waals surface area contributed by atoms with E-state index < -0.39 is 84.9 Å². The van der Waals surface area contributed by atoms with Gasteiger partial charge in [0.05, 0.1) is 37.1 Å². The molecule has 7 atom stereocenters. The van der Waals surface area contributed by atoms with Gasteiger partial charge in [-0.05, 0) is 43.4 Å². The quantitative estimate of drug-likeness (QED) is 0.0920. The molecule has 0 aromatic rings. The number of rotatable bonds is 20. The third kappa shape index (κ3) is 16.6. The number of amides is 5. The highest BCUT2D eigenvalue weighted by Gasteiger charge is 2.33. The molecule has 0 aromatic heterocycles. The van der Waals surface area contributed by atoms with E-state index in [0.29, 0.717) is 12.8 Å². The van der Waals surface area contributed by atoms with Crippen LogP contribution in [0.15, 0.2) is 0 Å². The van der Waals surface area contributed by atoms with Gasteiger partial charge >= 0.3 is 5.97 Å². The molecule has 0 radical (unpaired) electrons. The first-order valence-electron chi connectivity index (χ1n) is 15.7. The molecule has 0 rings (SSSR count). The molecule has 0 saturated heterocycles. The molecule has 0 aliphatic carbocycles. The summed E-state index contributed by atoms with van der Waals surface area (Å²) in [6.45, 7) is 17.2. The van der Waals surface area contributed by atoms with Gasteiger partial charge < -0.3 is 41.9 Å². The van der Waals surface area contributed by atoms with E-state index in [9.17, 15) is 39.0 Å². The predicted octanol–water partition coefficient (Wildman–Crippen LogP) is 0.441. The molecule has 0 fully saturated rings. The fourth-order valence-electron chi connectivity index (χ4n) is 4.77. The van der Waals surface area contributed by atoms with Gasteiger partial charge in [0.2, 0.25) is 29.5 Å². The summed E-state index contributed by atoms with van der Waals surface area (Å²) in [6, 6.07) is -4.59. The van der Waals surface area contributed by atoms with Crippen LogP contribution in [0.25, 0.3) is 0 Å². The third-order valence-corrected chi connectivity index (χ3v) is 7.14. The molecule has 0 aliphatic heterocycles. The van der Waals surface area contributed by atoms with Crippen molar-refractivity contribution in [3.8, 4) is 0 Å². The van der Waals surface area contributed by atoms with E-state index in [1.54, 1.807) is 27.7 Å². The third-order valence-electron chi connectivity index (χ3n) is 7.14. The van der Waals surface area contributed by atoms with Gasteiger partial charge in [-0.1, -0.05) is 55.4 Å². The molecule has 0 heterocycles. The van der Waals surface area contributed by atoms with Crippen molar-refractivity contribution in [2.45, 2.75) is 137 Å². The molecular formula is C31H57N5O9. The van der Waals surface area contributed by atoms with Crippen LogP contribution in [0.4, 0.5) is 0 Å². The Balaban J connectivity index is 5.54. The molecule has 5 amide bonds. The maximum absolute atomic E-state index is 13.3. The SMILES string of the molecule is CC(=O)NC(C(=O)NC(C(=O)NC(CC(C)C)[C@@H](O)CC(=O)N[C@@H](C)C(=O)NC(CC(C)C)[C@@H](O)CC(=O)O)C(C)C)C(C)C. The molecule has 0 aromatic carbocycles. The monoisotopic (exact) mass is 643 g/mol. The summed E-state index contributed by atoms with van der Waals surface area (Å²) in [5.74, 6) is -4.48. The number of carboxylic acids is 1. The van der Waals surface area contributed by atoms with Crippen LogP contribution in [0, 0.1) is 23.7 Å². The Hall–Kier alpha value is -3.26. The van der Waals surface area contributed by atoms with Crippen LogP contribution in [0.2, 0.25) is 0 Å². The van der Waals surface area contributed by atoms with Gasteiger partial charge in [-0.15, -0.1) is 0 Å². The average molecular weight is 644 g/mol. The Morgan fingerprint density at radius 2 is 0.956 bits per heavy atom. The van der Waals surface area contributed by atoms with Crippen LogP contribution >= 0.6 is 0 Å². The molecule has 0 saturated carbocycles. The van der Waals surface area contributed by atoms with Crippen molar-refractivity contribution in [1.29, 1.82) is 0 Å². The number of carboxylic acid groups (broad SMARTS) is 1. The fourth-order valence-corrected chi connectivity index (χ4v) is 4.77. The van der Waals surface area contributed by atoms with E-state index in [4.69, 9.17) is 5.11 Å². The highest BCUT2D eigenvalue weighted by Crippen LogP contribution is 2.14. The molecule has 14 heteroatoms. The zero-order chi connectivity index (χ0) is 35.2. The number of aliphatic hydroxyl groups is 2. The van der Waals surface area contributed by atoms with Gasteiger partial charge in [-0.25, -0.2) is 0 Å². The van der Waals surface area contributed by atoms with Gasteiger partial charge in [0.25, 0.3) is 0 Å². The van der Waals surface area contributed by atoms with Crippen molar-refractivity contribution in [2.24, 2.45) is 23.7 Å². The molecule has 0 bridgehead atoms. The van der Waals surface area contributed by atoms with Crippen molar-refractivity contribution in [1.82, 2.24) is 26.6 Å². The molecule has 0 aliphatic rings. The van der Waals surface area contributed by atoms with E-state index in [1.807, 2.05) is 27.7 Å². The van der Waals surface area contributed by atoms with E-state index in [-0.39, 0.29) is 29.6 Å². The minimum absolute atomic E-state index is 0.0185. The molecule has 14 nitrogen and oxygen atoms in total. The lowest BCUT2D eigenvalue weighted by molar-refractivity contribution is -0.140. The maximum atomic E-state index is 13.3. The molecule has 8 N–H and O–H groups in total. The van der Waals surface area contributed by atoms with Gasteiger partial charge in [-0.2, -0.15) is 0 Å². The summed E-state index contributed by atoms with van der Waals surface area (Å²) in [6.07, 6.45) is -3.01. The Labute approximate surface area is 267 Å². The molecule has 0 spiro atoms. The smallest absolute Gasteiger partial charge is 0.306 e. The Morgan fingerprint density at radius 1 is 0.556 bits per heavy atom. The Kier molecular flexibility index (Phi) is 18.5. The lowest BCUT2D eigenvalue weighted by atomic mass is 9.95. The highest BCUT2D eigenvalue weighted by molar-refractivity contribution is 5.92. The van der Waals surface area contributed by atoms with Gasteiger partial charge in [0, 0.05) is 6.92 Å². The molecule has 4 unspecified atom stereocenters. The molecule has 260 valence electrons. The van der Waals surface area contributed by atoms with Gasteiger partial charge in [0.15, 0.2) is 0 Å². The normalized spacial score (nSPS) is 16.3. The minimum Gasteiger partial charge on any atom is -0.481 e. The van der Waals surface area contributed by atoms with Gasteiger partial charge in [0.1, 0.15) is 18.1 Å². The van der Waals surface area contributed by atoms with Crippen LogP contribution in [-0.2, 0) is 28.8 Å². The zero-order valence-corrected chi connectivity index (χ0v) is 28.5. The average Bonchev–Trinajstić information content (AvgIpc) is 2.87. The highest BCUT2D eigenvalue weighted by atomic mass is 16.4. The van der Waals surface area contributed by atoms with Crippen LogP contribution in [-0.4, -0.2) is 93.2 Å². The topological polar surface area (TPSA) is 223 Å². The van der Waals surface area contributed by atoms with Crippen LogP contribution < -0.4 is 26.6 Å². The summed E-state index contributed by atoms with van der Waals surface area (Å²) >= 11 is 0. The van der Waals surface area contributed by atoms with E-state index in [0.717, 1.165) is 0 Å². The Morgan fingerprint density at radius 3 is 1.36 bits per heavy atom. The van der Waals surface area contributed by atoms with Crippen molar-refractivity contribution >= 4 is 35.5 Å². The van der Waals surface area contributed by atoms with E-state index >= 15 is 0 Å². The lowest BCUT2D eigenvalue weighted by Gasteiger charge is -2.31. The van der Waals surface area contributed by atoms with Crippen molar-refractivity contribution in [3.05, 3.63) is 0 Å². The van der Waals surface area contributed by atoms with Crippen LogP contribution in [0.3, 0.4) is 0 Å². The minimum atomic E-state index is -1.33. The number of hydrogen-bond acceptors (Lipinski definition) is 8. The summed E-state index contributed by atoms with van der Waals surface area (Å²) in [5.41, 5.74) is 0. The first kappa shape index (κ1) is 41.7. The van der Waals surface area contributed by atoms with Crippen LogP contribution in [0.1, 0.15) is 94.9 Å². The van der Waals surface area contributed by atoms with E-state index in [2.05, 4.69) is 26.6 Å². The van der Waals surface area contributed by atoms with E-state index in [1.165, 1.54) is 13.8 Å². The van der Waals surface area contributed by atoms with Gasteiger partial charge in [-0.3, -0.25) is 28.8 Å². The summed E-state index contributed by atoms with van der Waals surface area (Å²) in [7, 11) is 0. The second-order valence-corrected chi connectivity index (χ2v) is 13.4. The number of nitrogens with one attached hydrogen (secondary N) is 5. The van der Waals surface area contributed by atoms with Crippen molar-refractivity contribution in [2.75, 3.05) is 0 Å². The van der Waals surface area contributed by atoms with Crippen molar-refractivity contribution in [3.63, 3.8) is 0 Å². The number of carbonyl (C=O) groups is 6. The largest absolute Gasteiger partial charge is 0.481 e. The molecule has 45 heavy (non-hydrogen) atoms. The first-order chi connectivity index (χ1) is 20.7. The predicted molar refractivity (Wildman–Crippen MR) is 168 cm³/mol. The second-order valence-electron chi connectivity index (χ2n) is 13.4. The summed E-state index contributed by atoms with van der Waals surface area (Å²) in [4.78, 5) is 74.6. The number of aliphatic hydroxyl groups excluding tert-OH is 2. The van der Waals surface area contributed by atoms with Crippen LogP contribution in [0.5, 0.6) is 0 Å². The van der Waals surface area contributed by atoms with Crippen molar-refractivity contribution < 1.29 is 44.1 Å². The number of hydrogen-bond donors (Lipinski definition) is 8. The lowest BCUT2D eigenvalue weighted by Crippen LogP contribution is -2.59. The summed E-state index contributed by atoms with van der Waals surface area (Å²) < 4.78 is 0. The fraction of sp³-hybridized carbons (Fsp3) is 0.806.